The highest BCUT2D eigenvalue weighted by Gasteiger charge is 2.34. The Kier molecular flexibility index (Phi) is 6.41. The predicted octanol–water partition coefficient (Wildman–Crippen LogP) is 0.574. The molecular formula is C14H22ClN3O4S. The molecule has 1 aliphatic heterocycles. The first-order valence-corrected chi connectivity index (χ1v) is 8.45. The van der Waals surface area contributed by atoms with Gasteiger partial charge in [0.15, 0.2) is 0 Å². The number of carbonyl (C=O) groups is 1. The Hall–Kier alpha value is -1.35. The summed E-state index contributed by atoms with van der Waals surface area (Å²) in [5.41, 5.74) is 11.2. The second kappa shape index (κ2) is 7.48. The average Bonchev–Trinajstić information content (AvgIpc) is 2.97. The summed E-state index contributed by atoms with van der Waals surface area (Å²) in [7, 11) is -2.28. The van der Waals surface area contributed by atoms with Gasteiger partial charge in [-0.05, 0) is 37.5 Å². The van der Waals surface area contributed by atoms with Gasteiger partial charge in [0.05, 0.1) is 17.6 Å². The van der Waals surface area contributed by atoms with Crippen molar-refractivity contribution in [1.29, 1.82) is 0 Å². The van der Waals surface area contributed by atoms with Crippen molar-refractivity contribution in [2.45, 2.75) is 24.3 Å². The van der Waals surface area contributed by atoms with E-state index in [9.17, 15) is 13.2 Å². The van der Waals surface area contributed by atoms with Crippen molar-refractivity contribution >= 4 is 28.3 Å². The fourth-order valence-electron chi connectivity index (χ4n) is 2.59. The van der Waals surface area contributed by atoms with Crippen LogP contribution in [0, 0.1) is 5.92 Å². The zero-order valence-corrected chi connectivity index (χ0v) is 14.7. The van der Waals surface area contributed by atoms with Crippen LogP contribution < -0.4 is 16.2 Å². The molecular weight excluding hydrogens is 342 g/mol. The topological polar surface area (TPSA) is 116 Å². The van der Waals surface area contributed by atoms with Crippen molar-refractivity contribution in [2.24, 2.45) is 17.4 Å². The Morgan fingerprint density at radius 2 is 2.09 bits per heavy atom. The van der Waals surface area contributed by atoms with Crippen LogP contribution in [0.3, 0.4) is 0 Å². The number of primary amides is 1. The molecule has 1 amide bonds. The highest BCUT2D eigenvalue weighted by Crippen LogP contribution is 2.28. The molecule has 0 bridgehead atoms. The lowest BCUT2D eigenvalue weighted by atomic mass is 10.0. The van der Waals surface area contributed by atoms with Gasteiger partial charge in [0, 0.05) is 19.1 Å². The Morgan fingerprint density at radius 3 is 2.57 bits per heavy atom. The lowest BCUT2D eigenvalue weighted by Gasteiger charge is -2.18. The number of carbonyl (C=O) groups excluding carboxylic acids is 1. The van der Waals surface area contributed by atoms with Crippen LogP contribution in [0.15, 0.2) is 23.1 Å². The Morgan fingerprint density at radius 1 is 1.43 bits per heavy atom. The third kappa shape index (κ3) is 3.95. The van der Waals surface area contributed by atoms with Gasteiger partial charge in [-0.3, -0.25) is 4.79 Å². The van der Waals surface area contributed by atoms with Crippen LogP contribution in [0.2, 0.25) is 0 Å². The first kappa shape index (κ1) is 19.7. The van der Waals surface area contributed by atoms with E-state index in [1.54, 1.807) is 0 Å². The summed E-state index contributed by atoms with van der Waals surface area (Å²) in [5, 5.41) is 0. The summed E-state index contributed by atoms with van der Waals surface area (Å²) in [4.78, 5) is 11.5. The second-order valence-corrected chi connectivity index (χ2v) is 7.44. The van der Waals surface area contributed by atoms with Gasteiger partial charge in [-0.25, -0.2) is 8.42 Å². The van der Waals surface area contributed by atoms with E-state index in [1.165, 1.54) is 29.6 Å². The van der Waals surface area contributed by atoms with Crippen LogP contribution in [-0.4, -0.2) is 44.9 Å². The lowest BCUT2D eigenvalue weighted by molar-refractivity contribution is 0.0997. The molecule has 130 valence electrons. The van der Waals surface area contributed by atoms with E-state index < -0.39 is 15.9 Å². The number of sulfonamides is 1. The number of rotatable bonds is 5. The molecule has 0 aliphatic carbocycles. The Labute approximate surface area is 142 Å². The summed E-state index contributed by atoms with van der Waals surface area (Å²) in [5.74, 6) is -0.339. The quantitative estimate of drug-likeness (QED) is 0.793. The minimum Gasteiger partial charge on any atom is -0.496 e. The predicted molar refractivity (Wildman–Crippen MR) is 89.3 cm³/mol. The summed E-state index contributed by atoms with van der Waals surface area (Å²) in [6.07, 6.45) is 0.732. The largest absolute Gasteiger partial charge is 0.496 e. The van der Waals surface area contributed by atoms with E-state index in [4.69, 9.17) is 16.2 Å². The summed E-state index contributed by atoms with van der Waals surface area (Å²) < 4.78 is 31.8. The van der Waals surface area contributed by atoms with E-state index in [0.717, 1.165) is 6.42 Å². The lowest BCUT2D eigenvalue weighted by Crippen LogP contribution is -2.33. The van der Waals surface area contributed by atoms with E-state index in [-0.39, 0.29) is 40.6 Å². The van der Waals surface area contributed by atoms with Crippen LogP contribution in [0.4, 0.5) is 0 Å². The van der Waals surface area contributed by atoms with Crippen LogP contribution in [0.25, 0.3) is 0 Å². The van der Waals surface area contributed by atoms with Crippen molar-refractivity contribution in [1.82, 2.24) is 4.31 Å². The summed E-state index contributed by atoms with van der Waals surface area (Å²) >= 11 is 0. The molecule has 1 saturated heterocycles. The van der Waals surface area contributed by atoms with Gasteiger partial charge >= 0.3 is 0 Å². The van der Waals surface area contributed by atoms with Crippen molar-refractivity contribution in [2.75, 3.05) is 20.2 Å². The summed E-state index contributed by atoms with van der Waals surface area (Å²) in [6, 6.07) is 4.05. The van der Waals surface area contributed by atoms with E-state index >= 15 is 0 Å². The molecule has 1 aromatic carbocycles. The maximum atomic E-state index is 12.7. The standard InChI is InChI=1S/C14H21N3O4S.ClH/c1-9(15)10-5-6-17(8-10)22(19,20)11-3-4-13(21-2)12(7-11)14(16)18;/h3-4,7,9-10H,5-6,8,15H2,1-2H3,(H2,16,18);1H. The molecule has 1 aliphatic rings. The van der Waals surface area contributed by atoms with Gasteiger partial charge in [0.2, 0.25) is 10.0 Å². The molecule has 23 heavy (non-hydrogen) atoms. The molecule has 7 nitrogen and oxygen atoms in total. The van der Waals surface area contributed by atoms with Gasteiger partial charge in [-0.1, -0.05) is 0 Å². The molecule has 1 fully saturated rings. The fourth-order valence-corrected chi connectivity index (χ4v) is 4.13. The van der Waals surface area contributed by atoms with Crippen molar-refractivity contribution in [3.05, 3.63) is 23.8 Å². The Balaban J connectivity index is 0.00000264. The summed E-state index contributed by atoms with van der Waals surface area (Å²) in [6.45, 7) is 2.68. The molecule has 4 N–H and O–H groups in total. The molecule has 2 atom stereocenters. The minimum absolute atomic E-state index is 0. The normalized spacial score (nSPS) is 19.9. The van der Waals surface area contributed by atoms with Crippen LogP contribution in [-0.2, 0) is 10.0 Å². The number of methoxy groups -OCH3 is 1. The smallest absolute Gasteiger partial charge is 0.252 e. The number of hydrogen-bond acceptors (Lipinski definition) is 5. The van der Waals surface area contributed by atoms with Crippen LogP contribution in [0.5, 0.6) is 5.75 Å². The molecule has 1 aromatic rings. The molecule has 2 rings (SSSR count). The first-order valence-electron chi connectivity index (χ1n) is 7.01. The van der Waals surface area contributed by atoms with Gasteiger partial charge in [-0.2, -0.15) is 4.31 Å². The van der Waals surface area contributed by atoms with Gasteiger partial charge in [0.1, 0.15) is 5.75 Å². The zero-order chi connectivity index (χ0) is 16.5. The fraction of sp³-hybridized carbons (Fsp3) is 0.500. The van der Waals surface area contributed by atoms with Gasteiger partial charge < -0.3 is 16.2 Å². The monoisotopic (exact) mass is 363 g/mol. The van der Waals surface area contributed by atoms with Crippen molar-refractivity contribution < 1.29 is 17.9 Å². The second-order valence-electron chi connectivity index (χ2n) is 5.50. The SMILES string of the molecule is COc1ccc(S(=O)(=O)N2CCC(C(C)N)C2)cc1C(N)=O.Cl. The molecule has 0 radical (unpaired) electrons. The zero-order valence-electron chi connectivity index (χ0n) is 13.1. The minimum atomic E-state index is -3.67. The maximum absolute atomic E-state index is 12.7. The van der Waals surface area contributed by atoms with Crippen molar-refractivity contribution in [3.63, 3.8) is 0 Å². The number of amides is 1. The molecule has 0 aromatic heterocycles. The third-order valence-electron chi connectivity index (χ3n) is 4.01. The van der Waals surface area contributed by atoms with Crippen molar-refractivity contribution in [3.8, 4) is 5.75 Å². The number of hydrogen-bond donors (Lipinski definition) is 2. The number of ether oxygens (including phenoxy) is 1. The van der Waals surface area contributed by atoms with Gasteiger partial charge in [0.25, 0.3) is 5.91 Å². The third-order valence-corrected chi connectivity index (χ3v) is 5.87. The Bertz CT molecular complexity index is 679. The first-order chi connectivity index (χ1) is 10.3. The highest BCUT2D eigenvalue weighted by atomic mass is 35.5. The molecule has 0 saturated carbocycles. The van der Waals surface area contributed by atoms with E-state index in [0.29, 0.717) is 13.1 Å². The molecule has 2 unspecified atom stereocenters. The highest BCUT2D eigenvalue weighted by molar-refractivity contribution is 7.89. The number of halogens is 1. The van der Waals surface area contributed by atoms with E-state index in [1.807, 2.05) is 6.92 Å². The average molecular weight is 364 g/mol. The maximum Gasteiger partial charge on any atom is 0.252 e. The molecule has 0 spiro atoms. The molecule has 9 heteroatoms. The number of benzene rings is 1. The van der Waals surface area contributed by atoms with E-state index in [2.05, 4.69) is 0 Å². The van der Waals surface area contributed by atoms with Crippen LogP contribution >= 0.6 is 12.4 Å². The molecule has 1 heterocycles. The number of nitrogens with two attached hydrogens (primary N) is 2. The number of nitrogens with zero attached hydrogens (tertiary/aromatic N) is 1. The van der Waals surface area contributed by atoms with Crippen LogP contribution in [0.1, 0.15) is 23.7 Å². The van der Waals surface area contributed by atoms with Gasteiger partial charge in [-0.15, -0.1) is 12.4 Å².